The second-order valence-electron chi connectivity index (χ2n) is 8.58. The van der Waals surface area contributed by atoms with Crippen molar-refractivity contribution in [3.05, 3.63) is 0 Å². The molecule has 0 aromatic carbocycles. The third kappa shape index (κ3) is 31.4. The van der Waals surface area contributed by atoms with Gasteiger partial charge in [0, 0.05) is 39.1 Å². The first-order chi connectivity index (χ1) is 18.4. The van der Waals surface area contributed by atoms with Crippen LogP contribution in [0.5, 0.6) is 0 Å². The van der Waals surface area contributed by atoms with E-state index in [2.05, 4.69) is 35.1 Å². The molecule has 0 spiro atoms. The molecule has 0 aliphatic carbocycles. The summed E-state index contributed by atoms with van der Waals surface area (Å²) in [4.78, 5) is 44.9. The Bertz CT molecular complexity index is 544. The fourth-order valence-corrected chi connectivity index (χ4v) is 2.80. The van der Waals surface area contributed by atoms with Gasteiger partial charge in [-0.15, -0.1) is 0 Å². The zero-order valence-corrected chi connectivity index (χ0v) is 23.5. The molecule has 4 amide bonds. The van der Waals surface area contributed by atoms with Crippen LogP contribution in [0.25, 0.3) is 0 Å². The van der Waals surface area contributed by atoms with Crippen molar-refractivity contribution in [1.29, 1.82) is 0 Å². The van der Waals surface area contributed by atoms with Crippen LogP contribution in [-0.4, -0.2) is 86.8 Å². The molecule has 0 bridgehead atoms. The topological polar surface area (TPSA) is 175 Å². The lowest BCUT2D eigenvalue weighted by Crippen LogP contribution is -2.37. The summed E-state index contributed by atoms with van der Waals surface area (Å²) in [5, 5.41) is 27.8. The number of ether oxygens (including phenoxy) is 2. The number of carbonyl (C=O) groups excluding carboxylic acids is 4. The summed E-state index contributed by atoms with van der Waals surface area (Å²) in [5.41, 5.74) is 0. The molecule has 0 aliphatic heterocycles. The summed E-state index contributed by atoms with van der Waals surface area (Å²) < 4.78 is 9.91. The Morgan fingerprint density at radius 2 is 0.895 bits per heavy atom. The van der Waals surface area contributed by atoms with Crippen LogP contribution in [0.3, 0.4) is 0 Å². The molecule has 6 N–H and O–H groups in total. The van der Waals surface area contributed by atoms with E-state index in [0.29, 0.717) is 51.9 Å². The van der Waals surface area contributed by atoms with E-state index in [0.717, 1.165) is 51.4 Å². The molecule has 0 aromatic heterocycles. The number of esters is 2. The smallest absolute Gasteiger partial charge is 0.314 e. The lowest BCUT2D eigenvalue weighted by molar-refractivity contribution is -0.144. The van der Waals surface area contributed by atoms with Gasteiger partial charge in [0.2, 0.25) is 0 Å². The fraction of sp³-hybridized carbons (Fsp3) is 0.846. The number of unbranched alkanes of at least 4 members (excludes halogenated alkanes) is 6. The van der Waals surface area contributed by atoms with Gasteiger partial charge in [-0.25, -0.2) is 9.59 Å². The number of hydrogen-bond acceptors (Lipinski definition) is 8. The Balaban J connectivity index is 0. The van der Waals surface area contributed by atoms with Crippen LogP contribution in [0.15, 0.2) is 0 Å². The molecule has 12 heteroatoms. The minimum atomic E-state index is -0.258. The summed E-state index contributed by atoms with van der Waals surface area (Å²) in [5.74, 6) is -0.516. The number of carbonyl (C=O) groups is 4. The Morgan fingerprint density at radius 3 is 1.24 bits per heavy atom. The number of aliphatic hydroxyl groups is 2. The number of urea groups is 2. The minimum Gasteiger partial charge on any atom is -0.464 e. The number of amides is 4. The van der Waals surface area contributed by atoms with Gasteiger partial charge >= 0.3 is 24.0 Å². The third-order valence-corrected chi connectivity index (χ3v) is 5.01. The molecule has 0 rings (SSSR count). The summed E-state index contributed by atoms with van der Waals surface area (Å²) in [6.07, 6.45) is 9.24. The van der Waals surface area contributed by atoms with Crippen molar-refractivity contribution in [1.82, 2.24) is 21.3 Å². The average molecular weight is 549 g/mol. The first kappa shape index (κ1) is 37.6. The zero-order valence-electron chi connectivity index (χ0n) is 23.5. The maximum absolute atomic E-state index is 11.2. The SMILES string of the molecule is CCCCNC(=O)NCCOC(=O)CCCCCO.CCCCNC(=O)NCCOC(=O)CCCCCO. The van der Waals surface area contributed by atoms with Crippen molar-refractivity contribution >= 4 is 24.0 Å². The van der Waals surface area contributed by atoms with Gasteiger partial charge in [0.1, 0.15) is 13.2 Å². The normalized spacial score (nSPS) is 10.0. The molecule has 0 heterocycles. The van der Waals surface area contributed by atoms with Gasteiger partial charge < -0.3 is 41.0 Å². The molecule has 0 saturated carbocycles. The van der Waals surface area contributed by atoms with E-state index in [1.165, 1.54) is 0 Å². The van der Waals surface area contributed by atoms with Crippen LogP contribution < -0.4 is 21.3 Å². The van der Waals surface area contributed by atoms with E-state index in [4.69, 9.17) is 19.7 Å². The predicted molar refractivity (Wildman–Crippen MR) is 146 cm³/mol. The summed E-state index contributed by atoms with van der Waals surface area (Å²) in [6.45, 7) is 6.78. The number of hydrogen-bond donors (Lipinski definition) is 6. The van der Waals surface area contributed by atoms with E-state index < -0.39 is 0 Å². The highest BCUT2D eigenvalue weighted by molar-refractivity contribution is 5.74. The van der Waals surface area contributed by atoms with Crippen molar-refractivity contribution in [2.45, 2.75) is 90.9 Å². The predicted octanol–water partition coefficient (Wildman–Crippen LogP) is 2.36. The summed E-state index contributed by atoms with van der Waals surface area (Å²) in [6, 6.07) is -0.458. The summed E-state index contributed by atoms with van der Waals surface area (Å²) >= 11 is 0. The van der Waals surface area contributed by atoms with Gasteiger partial charge in [0.05, 0.1) is 13.1 Å². The molecule has 12 nitrogen and oxygen atoms in total. The minimum absolute atomic E-state index is 0.159. The Hall–Kier alpha value is -2.60. The molecule has 0 unspecified atom stereocenters. The van der Waals surface area contributed by atoms with Gasteiger partial charge in [-0.1, -0.05) is 39.5 Å². The molecular weight excluding hydrogens is 496 g/mol. The molecule has 38 heavy (non-hydrogen) atoms. The highest BCUT2D eigenvalue weighted by Gasteiger charge is 2.04. The Labute approximate surface area is 228 Å². The van der Waals surface area contributed by atoms with Gasteiger partial charge in [-0.2, -0.15) is 0 Å². The highest BCUT2D eigenvalue weighted by Crippen LogP contribution is 2.01. The lowest BCUT2D eigenvalue weighted by atomic mass is 10.2. The van der Waals surface area contributed by atoms with Crippen LogP contribution in [0.2, 0.25) is 0 Å². The van der Waals surface area contributed by atoms with Gasteiger partial charge in [0.15, 0.2) is 0 Å². The summed E-state index contributed by atoms with van der Waals surface area (Å²) in [7, 11) is 0. The maximum atomic E-state index is 11.2. The Kier molecular flexibility index (Phi) is 30.3. The number of rotatable bonds is 22. The number of nitrogens with one attached hydrogen (secondary N) is 4. The van der Waals surface area contributed by atoms with Crippen LogP contribution >= 0.6 is 0 Å². The monoisotopic (exact) mass is 548 g/mol. The lowest BCUT2D eigenvalue weighted by Gasteiger charge is -2.08. The van der Waals surface area contributed by atoms with E-state index >= 15 is 0 Å². The van der Waals surface area contributed by atoms with Crippen molar-refractivity contribution in [2.24, 2.45) is 0 Å². The molecule has 0 fully saturated rings. The standard InChI is InChI=1S/2C13H26N2O4/c2*1-2-3-8-14-13(18)15-9-11-19-12(17)7-5-4-6-10-16/h2*16H,2-11H2,1H3,(H2,14,15,18). The van der Waals surface area contributed by atoms with E-state index in [-0.39, 0.29) is 50.4 Å². The molecular formula is C26H52N4O8. The van der Waals surface area contributed by atoms with Crippen LogP contribution in [0.4, 0.5) is 9.59 Å². The van der Waals surface area contributed by atoms with Crippen LogP contribution in [0, 0.1) is 0 Å². The second-order valence-corrected chi connectivity index (χ2v) is 8.58. The molecule has 224 valence electrons. The molecule has 0 aliphatic rings. The van der Waals surface area contributed by atoms with E-state index in [1.807, 2.05) is 0 Å². The van der Waals surface area contributed by atoms with E-state index in [9.17, 15) is 19.2 Å². The van der Waals surface area contributed by atoms with Crippen molar-refractivity contribution in [3.63, 3.8) is 0 Å². The van der Waals surface area contributed by atoms with Crippen LogP contribution in [-0.2, 0) is 19.1 Å². The maximum Gasteiger partial charge on any atom is 0.314 e. The largest absolute Gasteiger partial charge is 0.464 e. The van der Waals surface area contributed by atoms with Crippen molar-refractivity contribution < 1.29 is 38.9 Å². The van der Waals surface area contributed by atoms with Crippen molar-refractivity contribution in [3.8, 4) is 0 Å². The Morgan fingerprint density at radius 1 is 0.526 bits per heavy atom. The van der Waals surface area contributed by atoms with Gasteiger partial charge in [0.25, 0.3) is 0 Å². The van der Waals surface area contributed by atoms with Gasteiger partial charge in [-0.05, 0) is 38.5 Å². The highest BCUT2D eigenvalue weighted by atomic mass is 16.5. The second kappa shape index (κ2) is 30.6. The molecule has 0 radical (unpaired) electrons. The first-order valence-corrected chi connectivity index (χ1v) is 14.0. The van der Waals surface area contributed by atoms with Gasteiger partial charge in [-0.3, -0.25) is 9.59 Å². The molecule has 0 aromatic rings. The molecule has 0 atom stereocenters. The first-order valence-electron chi connectivity index (χ1n) is 14.0. The third-order valence-electron chi connectivity index (χ3n) is 5.01. The quantitative estimate of drug-likeness (QED) is 0.0882. The van der Waals surface area contributed by atoms with Crippen LogP contribution in [0.1, 0.15) is 90.9 Å². The van der Waals surface area contributed by atoms with Crippen molar-refractivity contribution in [2.75, 3.05) is 52.6 Å². The van der Waals surface area contributed by atoms with E-state index in [1.54, 1.807) is 0 Å². The number of aliphatic hydroxyl groups excluding tert-OH is 2. The average Bonchev–Trinajstić information content (AvgIpc) is 2.90. The fourth-order valence-electron chi connectivity index (χ4n) is 2.80. The molecule has 0 saturated heterocycles. The zero-order chi connectivity index (χ0) is 28.7.